The Morgan fingerprint density at radius 3 is 1.78 bits per heavy atom. The minimum absolute atomic E-state index is 0.0221. The van der Waals surface area contributed by atoms with Gasteiger partial charge in [0.05, 0.1) is 78.4 Å². The van der Waals surface area contributed by atoms with Crippen LogP contribution in [0.2, 0.25) is 0 Å². The number of halogens is 4. The maximum absolute atomic E-state index is 17.1. The molecule has 19 nitrogen and oxygen atoms in total. The van der Waals surface area contributed by atoms with E-state index in [1.54, 1.807) is 60.7 Å². The number of amides is 1. The quantitative estimate of drug-likeness (QED) is 0.0125. The average molecular weight is 1430 g/mol. The first-order chi connectivity index (χ1) is 51.2. The molecule has 5 aromatic carbocycles. The third kappa shape index (κ3) is 15.1. The van der Waals surface area contributed by atoms with Gasteiger partial charge in [-0.25, -0.2) is 37.0 Å². The molecule has 4 aromatic heterocycles. The summed E-state index contributed by atoms with van der Waals surface area (Å²) < 4.78 is 93.9. The second-order valence-corrected chi connectivity index (χ2v) is 27.8. The van der Waals surface area contributed by atoms with Crippen molar-refractivity contribution in [2.45, 2.75) is 109 Å². The molecule has 23 heteroatoms. The van der Waals surface area contributed by atoms with E-state index in [0.29, 0.717) is 132 Å². The maximum Gasteiger partial charge on any atom is 0.407 e. The standard InChI is InChI=1S/C82H81F4N9O10/c83-76-75(74-66-33-31-64(91-66)72(50-13-7-16-53(98)41-50)62-29-27-60(89-62)71(49-12-6-15-52(97)40-49)61-28-30-63(90-61)73(65-32-34-67(74)92-65)51-14-8-17-54(99)42-51)77(84)79(86)80(78(76)85)87-36-3-1-2-4-37-88-82(101)104-44-58-56-24-26-59-68(35-25-57(56)58)95(94-93-59)38-9-39-102-55-22-20-48(21-23-55)81-103-45-70(105-81)47-11-5-10-46(18-19-47)69(100)43-96/h6-8,12-18,20-23,27-34,40-42,47,56-58,69-70,81,87,89,92,96-100H,1-5,9-11,19,24-26,35-39,43-45H2,(H,88,101)/t47?,56-,57+,58-,69?,70?,81?/m0/s1. The smallest absolute Gasteiger partial charge is 0.407 e. The lowest BCUT2D eigenvalue weighted by atomic mass is 9.95. The SMILES string of the molecule is O=C(NCCCCCCNc1c(F)c(F)c(-c2c3nc(c(-c4cccc(O)c4)c4ccc([nH]4)c(-c4cccc(O)c4)c4nc(c(-c5cccc(O)c5)c5ccc2[nH]5)C=C4)C=C3)c(F)c1F)OC[C@@H]1[C@@H]2CCc3c(nnn3CCCOc3ccc(C4OCC(C5CC=C(C(O)CO)CCC5)O4)cc3)CC[C@@H]21. The molecule has 7 atom stereocenters. The first-order valence-electron chi connectivity index (χ1n) is 36.2. The lowest BCUT2D eigenvalue weighted by Gasteiger charge is -2.20. The van der Waals surface area contributed by atoms with Crippen LogP contribution in [0.5, 0.6) is 23.0 Å². The number of phenolic OH excluding ortho intramolecular Hbond substituents is 3. The highest BCUT2D eigenvalue weighted by atomic mass is 19.2. The third-order valence-electron chi connectivity index (χ3n) is 21.1. The highest BCUT2D eigenvalue weighted by Crippen LogP contribution is 2.53. The number of allylic oxidation sites excluding steroid dienone is 1. The second-order valence-electron chi connectivity index (χ2n) is 27.8. The minimum Gasteiger partial charge on any atom is -0.508 e. The molecule has 9 aromatic rings. The first kappa shape index (κ1) is 70.1. The summed E-state index contributed by atoms with van der Waals surface area (Å²) in [4.78, 5) is 29.8. The zero-order chi connectivity index (χ0) is 72.2. The molecule has 0 radical (unpaired) electrons. The normalized spacial score (nSPS) is 19.2. The number of fused-ring (bicyclic) bond motifs is 10. The van der Waals surface area contributed by atoms with Crippen molar-refractivity contribution in [1.29, 1.82) is 0 Å². The van der Waals surface area contributed by atoms with Crippen LogP contribution < -0.4 is 15.4 Å². The fourth-order valence-electron chi connectivity index (χ4n) is 15.7. The van der Waals surface area contributed by atoms with Gasteiger partial charge in [0.1, 0.15) is 28.7 Å². The number of aromatic nitrogens is 7. The number of alkyl carbamates (subject to hydrolysis) is 1. The summed E-state index contributed by atoms with van der Waals surface area (Å²) in [5.74, 6) is -4.49. The highest BCUT2D eigenvalue weighted by molar-refractivity contribution is 6.00. The van der Waals surface area contributed by atoms with Gasteiger partial charge in [0.2, 0.25) is 0 Å². The molecule has 1 amide bonds. The number of nitrogens with zero attached hydrogens (tertiary/aromatic N) is 5. The van der Waals surface area contributed by atoms with E-state index < -0.39 is 53.0 Å². The fourth-order valence-corrected chi connectivity index (χ4v) is 15.7. The monoisotopic (exact) mass is 1430 g/mol. The zero-order valence-electron chi connectivity index (χ0n) is 57.6. The Hall–Kier alpha value is -10.6. The summed E-state index contributed by atoms with van der Waals surface area (Å²) in [6.07, 6.45) is 16.9. The molecule has 3 aliphatic carbocycles. The number of carbonyl (C=O) groups excluding carboxylic acids is 1. The van der Waals surface area contributed by atoms with Crippen LogP contribution in [0, 0.1) is 46.9 Å². The lowest BCUT2D eigenvalue weighted by molar-refractivity contribution is -0.0700. The molecule has 8 bridgehead atoms. The van der Waals surface area contributed by atoms with Gasteiger partial charge >= 0.3 is 6.09 Å². The molecule has 7 heterocycles. The Morgan fingerprint density at radius 1 is 0.638 bits per heavy atom. The van der Waals surface area contributed by atoms with Gasteiger partial charge in [0.25, 0.3) is 0 Å². The van der Waals surface area contributed by atoms with Crippen LogP contribution in [0.15, 0.2) is 133 Å². The molecule has 1 saturated carbocycles. The van der Waals surface area contributed by atoms with E-state index in [1.807, 2.05) is 53.2 Å². The van der Waals surface area contributed by atoms with Crippen LogP contribution in [0.1, 0.15) is 117 Å². The van der Waals surface area contributed by atoms with Gasteiger partial charge in [-0.2, -0.15) is 0 Å². The van der Waals surface area contributed by atoms with Gasteiger partial charge in [0, 0.05) is 75.9 Å². The van der Waals surface area contributed by atoms with Gasteiger partial charge < -0.3 is 65.1 Å². The largest absolute Gasteiger partial charge is 0.508 e. The molecule has 15 rings (SSSR count). The lowest BCUT2D eigenvalue weighted by Crippen LogP contribution is -2.26. The minimum atomic E-state index is -1.66. The maximum atomic E-state index is 17.1. The number of aromatic hydroxyl groups is 3. The molecule has 0 spiro atoms. The average Bonchev–Trinajstić information content (AvgIpc) is 1.76. The third-order valence-corrected chi connectivity index (χ3v) is 21.1. The van der Waals surface area contributed by atoms with E-state index in [1.165, 1.54) is 36.4 Å². The van der Waals surface area contributed by atoms with Crippen molar-refractivity contribution in [2.24, 2.45) is 23.7 Å². The van der Waals surface area contributed by atoms with Crippen LogP contribution in [0.25, 0.3) is 90.9 Å². The predicted molar refractivity (Wildman–Crippen MR) is 392 cm³/mol. The van der Waals surface area contributed by atoms with Gasteiger partial charge in [-0.3, -0.25) is 0 Å². The summed E-state index contributed by atoms with van der Waals surface area (Å²) in [7, 11) is 0. The number of hydrogen-bond donors (Lipinski definition) is 9. The number of rotatable bonds is 23. The summed E-state index contributed by atoms with van der Waals surface area (Å²) in [6, 6.07) is 34.3. The Labute approximate surface area is 603 Å². The summed E-state index contributed by atoms with van der Waals surface area (Å²) in [5, 5.41) is 66.4. The molecular weight excluding hydrogens is 1350 g/mol. The van der Waals surface area contributed by atoms with Crippen molar-refractivity contribution < 1.29 is 66.8 Å². The number of benzene rings is 5. The Kier molecular flexibility index (Phi) is 20.7. The van der Waals surface area contributed by atoms with E-state index in [0.717, 1.165) is 86.1 Å². The molecule has 4 unspecified atom stereocenters. The Bertz CT molecular complexity index is 4940. The second kappa shape index (κ2) is 31.0. The number of unbranched alkanes of at least 4 members (excludes halogenated alkanes) is 3. The van der Waals surface area contributed by atoms with Crippen molar-refractivity contribution in [3.8, 4) is 67.5 Å². The summed E-state index contributed by atoms with van der Waals surface area (Å²) in [5.41, 5.74) is 7.53. The number of carbonyl (C=O) groups is 1. The Balaban J connectivity index is 0.551. The molecule has 1 saturated heterocycles. The van der Waals surface area contributed by atoms with Crippen LogP contribution in [-0.4, -0.2) is 118 Å². The number of ether oxygens (including phenoxy) is 4. The van der Waals surface area contributed by atoms with Crippen molar-refractivity contribution in [2.75, 3.05) is 44.8 Å². The van der Waals surface area contributed by atoms with Crippen molar-refractivity contribution >= 4 is 58.2 Å². The van der Waals surface area contributed by atoms with Gasteiger partial charge in [-0.1, -0.05) is 72.7 Å². The number of aromatic amines is 2. The van der Waals surface area contributed by atoms with Gasteiger partial charge in [-0.05, 0) is 207 Å². The van der Waals surface area contributed by atoms with E-state index in [-0.39, 0.29) is 70.8 Å². The zero-order valence-corrected chi connectivity index (χ0v) is 57.6. The number of aliphatic hydroxyl groups excluding tert-OH is 2. The van der Waals surface area contributed by atoms with Gasteiger partial charge in [0.15, 0.2) is 29.6 Å². The number of H-pyrrole nitrogens is 2. The Morgan fingerprint density at radius 2 is 1.20 bits per heavy atom. The molecular formula is C82H81F4N9O10. The van der Waals surface area contributed by atoms with Crippen LogP contribution in [-0.2, 0) is 33.6 Å². The van der Waals surface area contributed by atoms with Crippen LogP contribution in [0.3, 0.4) is 0 Å². The summed E-state index contributed by atoms with van der Waals surface area (Å²) in [6.45, 7) is 2.06. The molecule has 9 N–H and O–H groups in total. The predicted octanol–water partition coefficient (Wildman–Crippen LogP) is 16.1. The molecule has 3 aliphatic heterocycles. The molecule has 542 valence electrons. The van der Waals surface area contributed by atoms with Crippen LogP contribution in [0.4, 0.5) is 28.0 Å². The van der Waals surface area contributed by atoms with E-state index in [4.69, 9.17) is 28.9 Å². The fraction of sp³-hybridized carbons (Fsp3) is 0.329. The molecule has 105 heavy (non-hydrogen) atoms. The summed E-state index contributed by atoms with van der Waals surface area (Å²) >= 11 is 0. The van der Waals surface area contributed by atoms with Crippen molar-refractivity contribution in [1.82, 2.24) is 40.2 Å². The topological polar surface area (TPSA) is 267 Å². The van der Waals surface area contributed by atoms with Crippen molar-refractivity contribution in [3.63, 3.8) is 0 Å². The highest BCUT2D eigenvalue weighted by Gasteiger charge is 2.50. The van der Waals surface area contributed by atoms with E-state index >= 15 is 17.6 Å². The number of aryl methyl sites for hydroxylation is 2. The van der Waals surface area contributed by atoms with Crippen LogP contribution >= 0.6 is 0 Å². The van der Waals surface area contributed by atoms with Gasteiger partial charge in [-0.15, -0.1) is 5.10 Å². The molecule has 6 aliphatic rings. The van der Waals surface area contributed by atoms with E-state index in [9.17, 15) is 30.3 Å². The number of hydrogen-bond acceptors (Lipinski definition) is 15. The van der Waals surface area contributed by atoms with Crippen molar-refractivity contribution in [3.05, 3.63) is 196 Å². The van der Waals surface area contributed by atoms with E-state index in [2.05, 4.69) is 37.0 Å². The number of aliphatic hydroxyl groups is 2. The number of anilines is 1. The molecule has 2 fully saturated rings. The number of phenols is 3. The first-order valence-corrected chi connectivity index (χ1v) is 36.2. The number of nitrogens with one attached hydrogen (secondary N) is 4.